The number of carbonyl (C=O) groups is 1. The third-order valence-electron chi connectivity index (χ3n) is 6.83. The minimum atomic E-state index is -0.199. The Morgan fingerprint density at radius 1 is 1.21 bits per heavy atom. The molecule has 0 unspecified atom stereocenters. The van der Waals surface area contributed by atoms with Crippen LogP contribution in [0.2, 0.25) is 0 Å². The molecule has 0 radical (unpaired) electrons. The maximum atomic E-state index is 13.0. The number of hydrogen-bond acceptors (Lipinski definition) is 7. The number of nitrogens with one attached hydrogen (secondary N) is 2. The van der Waals surface area contributed by atoms with Gasteiger partial charge in [-0.05, 0) is 63.3 Å². The van der Waals surface area contributed by atoms with Crippen molar-refractivity contribution in [2.24, 2.45) is 0 Å². The zero-order valence-electron chi connectivity index (χ0n) is 22.4. The first-order chi connectivity index (χ1) is 18.3. The van der Waals surface area contributed by atoms with E-state index in [9.17, 15) is 4.79 Å². The number of rotatable bonds is 7. The van der Waals surface area contributed by atoms with Gasteiger partial charge in [-0.2, -0.15) is 5.10 Å². The van der Waals surface area contributed by atoms with Crippen molar-refractivity contribution in [3.05, 3.63) is 54.0 Å². The molecule has 0 saturated carbocycles. The number of amides is 2. The zero-order valence-corrected chi connectivity index (χ0v) is 22.4. The van der Waals surface area contributed by atoms with Crippen molar-refractivity contribution < 1.29 is 14.6 Å². The van der Waals surface area contributed by atoms with E-state index < -0.39 is 0 Å². The number of hydrogen-bond donors (Lipinski definition) is 3. The Morgan fingerprint density at radius 3 is 2.84 bits per heavy atom. The van der Waals surface area contributed by atoms with E-state index in [1.165, 1.54) is 11.1 Å². The number of nitrogens with zero attached hydrogens (tertiary/aromatic N) is 5. The highest BCUT2D eigenvalue weighted by atomic mass is 16.5. The summed E-state index contributed by atoms with van der Waals surface area (Å²) in [7, 11) is 0. The van der Waals surface area contributed by atoms with Crippen molar-refractivity contribution in [1.29, 1.82) is 0 Å². The van der Waals surface area contributed by atoms with Gasteiger partial charge in [0.05, 0.1) is 61.6 Å². The number of anilines is 2. The zero-order chi connectivity index (χ0) is 26.7. The van der Waals surface area contributed by atoms with E-state index in [0.717, 1.165) is 42.6 Å². The third kappa shape index (κ3) is 6.31. The second kappa shape index (κ2) is 11.1. The molecule has 38 heavy (non-hydrogen) atoms. The maximum Gasteiger partial charge on any atom is 0.318 e. The molecule has 3 aromatic rings. The Hall–Kier alpha value is -3.50. The average Bonchev–Trinajstić information content (AvgIpc) is 3.19. The molecule has 3 N–H and O–H groups in total. The lowest BCUT2D eigenvalue weighted by Gasteiger charge is -2.42. The predicted octanol–water partition coefficient (Wildman–Crippen LogP) is 4.05. The quantitative estimate of drug-likeness (QED) is 0.403. The number of carbonyl (C=O) groups excluding carboxylic acids is 1. The largest absolute Gasteiger partial charge is 0.394 e. The first kappa shape index (κ1) is 26.1. The molecule has 5 rings (SSSR count). The summed E-state index contributed by atoms with van der Waals surface area (Å²) in [5, 5.41) is 19.8. The van der Waals surface area contributed by atoms with Gasteiger partial charge in [0.2, 0.25) is 5.95 Å². The first-order valence-electron chi connectivity index (χ1n) is 13.4. The SMILES string of the molecule is CC(C)(C)OC1CN(C(=O)N[C@@H]2CCCCc3cc(-c4ccnc(Nc5cnn(CCO)c5)n4)ccc32)C1. The lowest BCUT2D eigenvalue weighted by atomic mass is 9.95. The van der Waals surface area contributed by atoms with Gasteiger partial charge >= 0.3 is 6.03 Å². The van der Waals surface area contributed by atoms with Crippen LogP contribution in [0.1, 0.15) is 57.2 Å². The molecular weight excluding hydrogens is 482 g/mol. The minimum Gasteiger partial charge on any atom is -0.394 e. The number of ether oxygens (including phenoxy) is 1. The van der Waals surface area contributed by atoms with Gasteiger partial charge in [0.15, 0.2) is 0 Å². The lowest BCUT2D eigenvalue weighted by molar-refractivity contribution is -0.111. The van der Waals surface area contributed by atoms with Crippen LogP contribution < -0.4 is 10.6 Å². The summed E-state index contributed by atoms with van der Waals surface area (Å²) in [5.74, 6) is 0.481. The number of aliphatic hydroxyl groups is 1. The average molecular weight is 520 g/mol. The van der Waals surface area contributed by atoms with E-state index in [1.807, 2.05) is 31.7 Å². The van der Waals surface area contributed by atoms with Crippen molar-refractivity contribution in [3.8, 4) is 11.3 Å². The summed E-state index contributed by atoms with van der Waals surface area (Å²) in [6, 6.07) is 8.28. The van der Waals surface area contributed by atoms with E-state index in [4.69, 9.17) is 14.8 Å². The molecule has 1 aliphatic carbocycles. The fourth-order valence-electron chi connectivity index (χ4n) is 5.07. The molecule has 1 fully saturated rings. The fourth-order valence-corrected chi connectivity index (χ4v) is 5.07. The number of fused-ring (bicyclic) bond motifs is 1. The van der Waals surface area contributed by atoms with Crippen LogP contribution >= 0.6 is 0 Å². The van der Waals surface area contributed by atoms with Gasteiger partial charge in [-0.15, -0.1) is 0 Å². The second-order valence-electron chi connectivity index (χ2n) is 11.0. The summed E-state index contributed by atoms with van der Waals surface area (Å²) in [6.45, 7) is 7.86. The standard InChI is InChI=1S/C28H37N7O3/c1-28(2,3)38-22-17-34(18-22)27(37)33-25-7-5-4-6-19-14-20(8-9-23(19)25)24-10-11-29-26(32-24)31-21-15-30-35(16-21)12-13-36/h8-11,14-16,22,25,36H,4-7,12-13,17-18H2,1-3H3,(H,33,37)(H,29,31,32)/t25-/m1/s1. The predicted molar refractivity (Wildman–Crippen MR) is 145 cm³/mol. The van der Waals surface area contributed by atoms with Gasteiger partial charge in [0.25, 0.3) is 0 Å². The molecule has 2 amide bonds. The van der Waals surface area contributed by atoms with Gasteiger partial charge in [-0.3, -0.25) is 4.68 Å². The summed E-state index contributed by atoms with van der Waals surface area (Å²) >= 11 is 0. The van der Waals surface area contributed by atoms with Crippen LogP contribution in [0.5, 0.6) is 0 Å². The number of likely N-dealkylation sites (tertiary alicyclic amines) is 1. The number of aryl methyl sites for hydroxylation is 1. The molecule has 10 heteroatoms. The van der Waals surface area contributed by atoms with Crippen molar-refractivity contribution >= 4 is 17.7 Å². The van der Waals surface area contributed by atoms with Crippen LogP contribution in [0.4, 0.5) is 16.4 Å². The molecule has 2 aliphatic rings. The Bertz CT molecular complexity index is 1260. The smallest absolute Gasteiger partial charge is 0.318 e. The maximum absolute atomic E-state index is 13.0. The van der Waals surface area contributed by atoms with Gasteiger partial charge < -0.3 is 25.4 Å². The van der Waals surface area contributed by atoms with Crippen molar-refractivity contribution in [2.45, 2.75) is 70.7 Å². The summed E-state index contributed by atoms with van der Waals surface area (Å²) in [4.78, 5) is 23.8. The highest BCUT2D eigenvalue weighted by Crippen LogP contribution is 2.32. The molecule has 202 valence electrons. The van der Waals surface area contributed by atoms with Crippen LogP contribution in [0.15, 0.2) is 42.9 Å². The highest BCUT2D eigenvalue weighted by molar-refractivity contribution is 5.76. The van der Waals surface area contributed by atoms with Crippen LogP contribution in [0.3, 0.4) is 0 Å². The van der Waals surface area contributed by atoms with E-state index in [1.54, 1.807) is 23.3 Å². The van der Waals surface area contributed by atoms with Gasteiger partial charge in [-0.25, -0.2) is 14.8 Å². The second-order valence-corrected chi connectivity index (χ2v) is 11.0. The van der Waals surface area contributed by atoms with Crippen LogP contribution in [0.25, 0.3) is 11.3 Å². The van der Waals surface area contributed by atoms with Crippen molar-refractivity contribution in [2.75, 3.05) is 25.0 Å². The van der Waals surface area contributed by atoms with Crippen LogP contribution in [-0.2, 0) is 17.7 Å². The Labute approximate surface area is 223 Å². The summed E-state index contributed by atoms with van der Waals surface area (Å²) in [6.07, 6.45) is 9.38. The Balaban J connectivity index is 1.26. The van der Waals surface area contributed by atoms with E-state index in [2.05, 4.69) is 38.9 Å². The van der Waals surface area contributed by atoms with E-state index >= 15 is 0 Å². The van der Waals surface area contributed by atoms with Gasteiger partial charge in [0, 0.05) is 18.0 Å². The van der Waals surface area contributed by atoms with Gasteiger partial charge in [-0.1, -0.05) is 18.6 Å². The van der Waals surface area contributed by atoms with Crippen molar-refractivity contribution in [3.63, 3.8) is 0 Å². The molecule has 0 spiro atoms. The number of aromatic nitrogens is 4. The normalized spacial score (nSPS) is 17.9. The first-order valence-corrected chi connectivity index (χ1v) is 13.4. The molecular formula is C28H37N7O3. The monoisotopic (exact) mass is 519 g/mol. The summed E-state index contributed by atoms with van der Waals surface area (Å²) in [5.41, 5.74) is 4.84. The molecule has 3 heterocycles. The molecule has 1 aromatic carbocycles. The topological polar surface area (TPSA) is 117 Å². The minimum absolute atomic E-state index is 0.00489. The van der Waals surface area contributed by atoms with Crippen LogP contribution in [0, 0.1) is 0 Å². The Morgan fingerprint density at radius 2 is 2.05 bits per heavy atom. The lowest BCUT2D eigenvalue weighted by Crippen LogP contribution is -2.59. The van der Waals surface area contributed by atoms with Crippen molar-refractivity contribution in [1.82, 2.24) is 30.0 Å². The number of urea groups is 1. The number of aliphatic hydroxyl groups excluding tert-OH is 1. The molecule has 1 aliphatic heterocycles. The van der Waals surface area contributed by atoms with E-state index in [0.29, 0.717) is 25.6 Å². The highest BCUT2D eigenvalue weighted by Gasteiger charge is 2.35. The molecule has 10 nitrogen and oxygen atoms in total. The van der Waals surface area contributed by atoms with E-state index in [-0.39, 0.29) is 30.4 Å². The third-order valence-corrected chi connectivity index (χ3v) is 6.83. The fraction of sp³-hybridized carbons (Fsp3) is 0.500. The summed E-state index contributed by atoms with van der Waals surface area (Å²) < 4.78 is 7.64. The molecule has 1 atom stereocenters. The Kier molecular flexibility index (Phi) is 7.62. The molecule has 2 aromatic heterocycles. The van der Waals surface area contributed by atoms with Crippen LogP contribution in [-0.4, -0.2) is 67.2 Å². The molecule has 0 bridgehead atoms. The van der Waals surface area contributed by atoms with Gasteiger partial charge in [0.1, 0.15) is 0 Å². The molecule has 1 saturated heterocycles. The number of benzene rings is 1.